The Kier molecular flexibility index (Phi) is 6.73. The fourth-order valence-corrected chi connectivity index (χ4v) is 4.10. The van der Waals surface area contributed by atoms with Crippen molar-refractivity contribution in [3.05, 3.63) is 25.3 Å². The maximum absolute atomic E-state index is 12.5. The SMILES string of the molecule is C=CCN(CC=C)C(C(=O)OC(C)(C)C)[Si](C)(C)C. The monoisotopic (exact) mass is 283 g/mol. The van der Waals surface area contributed by atoms with Gasteiger partial charge in [0.2, 0.25) is 0 Å². The molecule has 0 aromatic carbocycles. The van der Waals surface area contributed by atoms with Gasteiger partial charge >= 0.3 is 5.97 Å². The van der Waals surface area contributed by atoms with Crippen molar-refractivity contribution in [1.29, 1.82) is 0 Å². The summed E-state index contributed by atoms with van der Waals surface area (Å²) in [5, 5.41) is 0. The van der Waals surface area contributed by atoms with Crippen molar-refractivity contribution in [2.45, 2.75) is 51.7 Å². The average Bonchev–Trinajstić information content (AvgIpc) is 2.12. The largest absolute Gasteiger partial charge is 0.459 e. The molecule has 0 aliphatic rings. The Bertz CT molecular complexity index is 316. The lowest BCUT2D eigenvalue weighted by atomic mass is 10.2. The first-order valence-corrected chi connectivity index (χ1v) is 10.3. The Morgan fingerprint density at radius 3 is 1.89 bits per heavy atom. The molecule has 0 spiro atoms. The van der Waals surface area contributed by atoms with Crippen molar-refractivity contribution >= 4 is 14.0 Å². The summed E-state index contributed by atoms with van der Waals surface area (Å²) in [6.07, 6.45) is 3.64. The normalized spacial score (nSPS) is 14.1. The number of carbonyl (C=O) groups excluding carboxylic acids is 1. The number of hydrogen-bond acceptors (Lipinski definition) is 3. The van der Waals surface area contributed by atoms with E-state index >= 15 is 0 Å². The minimum Gasteiger partial charge on any atom is -0.459 e. The molecule has 4 heteroatoms. The molecule has 0 saturated heterocycles. The highest BCUT2D eigenvalue weighted by Gasteiger charge is 2.39. The Labute approximate surface area is 119 Å². The Hall–Kier alpha value is -0.873. The Morgan fingerprint density at radius 1 is 1.21 bits per heavy atom. The van der Waals surface area contributed by atoms with Crippen LogP contribution in [0.1, 0.15) is 20.8 Å². The van der Waals surface area contributed by atoms with Crippen molar-refractivity contribution < 1.29 is 9.53 Å². The van der Waals surface area contributed by atoms with Crippen molar-refractivity contribution in [2.24, 2.45) is 0 Å². The summed E-state index contributed by atoms with van der Waals surface area (Å²) in [5.74, 6) is -0.129. The lowest BCUT2D eigenvalue weighted by molar-refractivity contribution is -0.158. The van der Waals surface area contributed by atoms with Crippen molar-refractivity contribution in [2.75, 3.05) is 13.1 Å². The van der Waals surface area contributed by atoms with Gasteiger partial charge < -0.3 is 4.74 Å². The zero-order valence-corrected chi connectivity index (χ0v) is 14.3. The van der Waals surface area contributed by atoms with E-state index in [-0.39, 0.29) is 11.6 Å². The summed E-state index contributed by atoms with van der Waals surface area (Å²) in [6, 6.07) is 0. The standard InChI is InChI=1S/C15H29NO2Si/c1-9-11-16(12-10-2)13(19(6,7)8)14(17)18-15(3,4)5/h9-10,13H,1-2,11-12H2,3-8H3. The van der Waals surface area contributed by atoms with Gasteiger partial charge in [-0.05, 0) is 20.8 Å². The van der Waals surface area contributed by atoms with E-state index in [0.29, 0.717) is 13.1 Å². The van der Waals surface area contributed by atoms with Crippen LogP contribution in [0.4, 0.5) is 0 Å². The third-order valence-corrected chi connectivity index (χ3v) is 4.78. The third kappa shape index (κ3) is 6.73. The third-order valence-electron chi connectivity index (χ3n) is 2.54. The lowest BCUT2D eigenvalue weighted by Crippen LogP contribution is -2.57. The van der Waals surface area contributed by atoms with Gasteiger partial charge in [0.15, 0.2) is 0 Å². The zero-order valence-electron chi connectivity index (χ0n) is 13.3. The second-order valence-electron chi connectivity index (χ2n) is 6.83. The van der Waals surface area contributed by atoms with Gasteiger partial charge in [-0.3, -0.25) is 9.69 Å². The number of carbonyl (C=O) groups is 1. The second-order valence-corrected chi connectivity index (χ2v) is 12.1. The van der Waals surface area contributed by atoms with Gasteiger partial charge in [0.1, 0.15) is 5.60 Å². The quantitative estimate of drug-likeness (QED) is 0.408. The number of rotatable bonds is 7. The molecule has 0 rings (SSSR count). The van der Waals surface area contributed by atoms with E-state index in [1.807, 2.05) is 32.9 Å². The summed E-state index contributed by atoms with van der Waals surface area (Å²) >= 11 is 0. The summed E-state index contributed by atoms with van der Waals surface area (Å²) in [4.78, 5) is 14.6. The number of ether oxygens (including phenoxy) is 1. The summed E-state index contributed by atoms with van der Waals surface area (Å²) in [6.45, 7) is 21.1. The summed E-state index contributed by atoms with van der Waals surface area (Å²) in [5.41, 5.74) is -0.633. The van der Waals surface area contributed by atoms with Gasteiger partial charge in [-0.15, -0.1) is 13.2 Å². The topological polar surface area (TPSA) is 29.5 Å². The zero-order chi connectivity index (χ0) is 15.3. The smallest absolute Gasteiger partial charge is 0.320 e. The molecular weight excluding hydrogens is 254 g/mol. The highest BCUT2D eigenvalue weighted by Crippen LogP contribution is 2.20. The maximum atomic E-state index is 12.5. The first-order chi connectivity index (χ1) is 8.53. The molecule has 1 atom stereocenters. The molecular formula is C15H29NO2Si. The highest BCUT2D eigenvalue weighted by molar-refractivity contribution is 6.80. The number of esters is 1. The molecule has 0 fully saturated rings. The predicted molar refractivity (Wildman–Crippen MR) is 84.9 cm³/mol. The molecule has 0 bridgehead atoms. The van der Waals surface area contributed by atoms with Crippen LogP contribution in [0.25, 0.3) is 0 Å². The molecule has 0 aromatic rings. The molecule has 0 aliphatic carbocycles. The van der Waals surface area contributed by atoms with Gasteiger partial charge in [0, 0.05) is 13.1 Å². The highest BCUT2D eigenvalue weighted by atomic mass is 28.3. The summed E-state index contributed by atoms with van der Waals surface area (Å²) in [7, 11) is -1.73. The van der Waals surface area contributed by atoms with Crippen LogP contribution >= 0.6 is 0 Å². The summed E-state index contributed by atoms with van der Waals surface area (Å²) < 4.78 is 5.59. The van der Waals surface area contributed by atoms with Gasteiger partial charge in [-0.1, -0.05) is 31.8 Å². The predicted octanol–water partition coefficient (Wildman–Crippen LogP) is 3.25. The van der Waals surface area contributed by atoms with E-state index in [1.54, 1.807) is 0 Å². The van der Waals surface area contributed by atoms with E-state index in [0.717, 1.165) is 0 Å². The molecule has 0 aliphatic heterocycles. The van der Waals surface area contributed by atoms with Crippen LogP contribution in [0, 0.1) is 0 Å². The van der Waals surface area contributed by atoms with E-state index in [4.69, 9.17) is 4.74 Å². The van der Waals surface area contributed by atoms with Crippen LogP contribution in [0.15, 0.2) is 25.3 Å². The lowest BCUT2D eigenvalue weighted by Gasteiger charge is -2.37. The van der Waals surface area contributed by atoms with E-state index in [2.05, 4.69) is 37.7 Å². The van der Waals surface area contributed by atoms with E-state index < -0.39 is 13.7 Å². The molecule has 0 saturated carbocycles. The molecule has 3 nitrogen and oxygen atoms in total. The second kappa shape index (κ2) is 7.06. The molecule has 110 valence electrons. The van der Waals surface area contributed by atoms with Crippen LogP contribution in [-0.2, 0) is 9.53 Å². The van der Waals surface area contributed by atoms with Gasteiger partial charge in [0.25, 0.3) is 0 Å². The molecule has 0 aromatic heterocycles. The molecule has 0 heterocycles. The van der Waals surface area contributed by atoms with Gasteiger partial charge in [-0.25, -0.2) is 0 Å². The van der Waals surface area contributed by atoms with Crippen molar-refractivity contribution in [3.63, 3.8) is 0 Å². The molecule has 0 N–H and O–H groups in total. The van der Waals surface area contributed by atoms with Crippen LogP contribution in [0.3, 0.4) is 0 Å². The van der Waals surface area contributed by atoms with Crippen LogP contribution < -0.4 is 0 Å². The Balaban J connectivity index is 5.24. The van der Waals surface area contributed by atoms with Gasteiger partial charge in [0.05, 0.1) is 13.7 Å². The van der Waals surface area contributed by atoms with Crippen LogP contribution in [0.2, 0.25) is 19.6 Å². The maximum Gasteiger partial charge on any atom is 0.320 e. The average molecular weight is 283 g/mol. The van der Waals surface area contributed by atoms with Crippen LogP contribution in [0.5, 0.6) is 0 Å². The van der Waals surface area contributed by atoms with Crippen molar-refractivity contribution in [3.8, 4) is 0 Å². The van der Waals surface area contributed by atoms with Gasteiger partial charge in [-0.2, -0.15) is 0 Å². The van der Waals surface area contributed by atoms with E-state index in [9.17, 15) is 4.79 Å². The molecule has 1 unspecified atom stereocenters. The fourth-order valence-electron chi connectivity index (χ4n) is 2.02. The number of nitrogens with zero attached hydrogens (tertiary/aromatic N) is 1. The minimum atomic E-state index is -1.73. The molecule has 0 radical (unpaired) electrons. The number of hydrogen-bond donors (Lipinski definition) is 0. The van der Waals surface area contributed by atoms with E-state index in [1.165, 1.54) is 0 Å². The fraction of sp³-hybridized carbons (Fsp3) is 0.667. The molecule has 19 heavy (non-hydrogen) atoms. The molecule has 0 amide bonds. The van der Waals surface area contributed by atoms with Crippen LogP contribution in [-0.4, -0.2) is 43.3 Å². The first kappa shape index (κ1) is 18.1. The minimum absolute atomic E-state index is 0.129. The van der Waals surface area contributed by atoms with Crippen molar-refractivity contribution in [1.82, 2.24) is 4.90 Å². The first-order valence-electron chi connectivity index (χ1n) is 6.71. The Morgan fingerprint density at radius 2 is 1.63 bits per heavy atom.